The molecule has 0 saturated carbocycles. The van der Waals surface area contributed by atoms with Gasteiger partial charge in [0.05, 0.1) is 19.8 Å². The molecule has 27 heavy (non-hydrogen) atoms. The van der Waals surface area contributed by atoms with E-state index in [1.807, 2.05) is 0 Å². The minimum absolute atomic E-state index is 0.336. The number of ether oxygens (including phenoxy) is 4. The van der Waals surface area contributed by atoms with Crippen molar-refractivity contribution in [3.63, 3.8) is 0 Å². The minimum Gasteiger partial charge on any atom is -0.394 e. The highest BCUT2D eigenvalue weighted by Crippen LogP contribution is 2.36. The van der Waals surface area contributed by atoms with Gasteiger partial charge in [-0.3, -0.25) is 0 Å². The molecule has 1 unspecified atom stereocenters. The average molecular weight is 418 g/mol. The van der Waals surface area contributed by atoms with Crippen molar-refractivity contribution < 1.29 is 59.8 Å². The van der Waals surface area contributed by atoms with Gasteiger partial charge in [-0.05, 0) is 0 Å². The maximum Gasteiger partial charge on any atom is 0.224 e. The highest BCUT2D eigenvalue weighted by atomic mass is 32.1. The monoisotopic (exact) mass is 418 g/mol. The summed E-state index contributed by atoms with van der Waals surface area (Å²) in [6, 6.07) is 0. The molecule has 0 radical (unpaired) electrons. The number of hydrogen-bond donors (Lipinski definition) is 9. The topological polar surface area (TPSA) is 199 Å². The number of aliphatic hydroxyl groups is 8. The Kier molecular flexibility index (Phi) is 8.21. The van der Waals surface area contributed by atoms with Crippen LogP contribution in [0.3, 0.4) is 0 Å². The van der Waals surface area contributed by atoms with Crippen molar-refractivity contribution in [3.05, 3.63) is 0 Å². The fourth-order valence-electron chi connectivity index (χ4n) is 2.88. The smallest absolute Gasteiger partial charge is 0.224 e. The van der Waals surface area contributed by atoms with Gasteiger partial charge in [0.2, 0.25) is 5.79 Å². The first-order chi connectivity index (χ1) is 12.7. The summed E-state index contributed by atoms with van der Waals surface area (Å²) in [6.07, 6.45) is -12.7. The number of thiol groups is 1. The summed E-state index contributed by atoms with van der Waals surface area (Å²) in [5.74, 6) is -2.25. The van der Waals surface area contributed by atoms with Crippen molar-refractivity contribution in [1.82, 2.24) is 0 Å². The summed E-state index contributed by atoms with van der Waals surface area (Å²) in [7, 11) is 0. The van der Waals surface area contributed by atoms with Gasteiger partial charge in [0, 0.05) is 0 Å². The number of hydrogen-bond acceptors (Lipinski definition) is 13. The van der Waals surface area contributed by atoms with E-state index in [1.54, 1.807) is 0 Å². The number of rotatable bonds is 8. The molecule has 0 bridgehead atoms. The molecule has 2 aliphatic rings. The maximum absolute atomic E-state index is 10.1. The van der Waals surface area contributed by atoms with E-state index >= 15 is 0 Å². The predicted octanol–water partition coefficient (Wildman–Crippen LogP) is -5.12. The van der Waals surface area contributed by atoms with Crippen LogP contribution in [0.25, 0.3) is 0 Å². The summed E-state index contributed by atoms with van der Waals surface area (Å²) in [5, 5.41) is 77.8. The minimum atomic E-state index is -2.25. The summed E-state index contributed by atoms with van der Waals surface area (Å²) >= 11 is 3.90. The molecule has 160 valence electrons. The van der Waals surface area contributed by atoms with Crippen LogP contribution in [-0.4, -0.2) is 128 Å². The molecule has 0 aromatic heterocycles. The van der Waals surface area contributed by atoms with Crippen LogP contribution in [0.15, 0.2) is 0 Å². The Hall–Kier alpha value is -0.130. The van der Waals surface area contributed by atoms with Crippen molar-refractivity contribution in [1.29, 1.82) is 0 Å². The lowest BCUT2D eigenvalue weighted by atomic mass is 9.99. The van der Waals surface area contributed by atoms with Crippen LogP contribution >= 0.6 is 12.6 Å². The molecule has 2 aliphatic heterocycles. The van der Waals surface area contributed by atoms with E-state index in [4.69, 9.17) is 24.1 Å². The molecule has 13 heteroatoms. The fraction of sp³-hybridized carbons (Fsp3) is 1.00. The van der Waals surface area contributed by atoms with Crippen LogP contribution in [0.2, 0.25) is 0 Å². The lowest BCUT2D eigenvalue weighted by Gasteiger charge is -2.43. The Morgan fingerprint density at radius 1 is 0.926 bits per heavy atom. The molecule has 2 saturated heterocycles. The highest BCUT2D eigenvalue weighted by Gasteiger charge is 2.58. The highest BCUT2D eigenvalue weighted by molar-refractivity contribution is 7.80. The SMILES string of the molecule is OCC(S)OC[C@H]1O[C@H](O[C@]2(CO)O[C@H](CO)[C@@H](O)[C@@H]2O)[C@H](O)[C@@H](O)[C@@H]1O. The van der Waals surface area contributed by atoms with Gasteiger partial charge in [-0.25, -0.2) is 0 Å². The van der Waals surface area contributed by atoms with Gasteiger partial charge >= 0.3 is 0 Å². The fourth-order valence-corrected chi connectivity index (χ4v) is 2.96. The third-order valence-electron chi connectivity index (χ3n) is 4.50. The van der Waals surface area contributed by atoms with E-state index in [1.165, 1.54) is 0 Å². The Balaban J connectivity index is 2.13. The van der Waals surface area contributed by atoms with E-state index in [0.29, 0.717) is 0 Å². The van der Waals surface area contributed by atoms with Gasteiger partial charge < -0.3 is 59.8 Å². The largest absolute Gasteiger partial charge is 0.394 e. The van der Waals surface area contributed by atoms with Crippen molar-refractivity contribution in [2.75, 3.05) is 26.4 Å². The summed E-state index contributed by atoms with van der Waals surface area (Å²) < 4.78 is 21.0. The Morgan fingerprint density at radius 2 is 1.59 bits per heavy atom. The van der Waals surface area contributed by atoms with Gasteiger partial charge in [0.15, 0.2) is 6.29 Å². The average Bonchev–Trinajstić information content (AvgIpc) is 2.92. The molecule has 0 aromatic carbocycles. The first-order valence-corrected chi connectivity index (χ1v) is 8.76. The van der Waals surface area contributed by atoms with Gasteiger partial charge in [0.25, 0.3) is 0 Å². The molecular weight excluding hydrogens is 392 g/mol. The second-order valence-corrected chi connectivity index (χ2v) is 6.92. The van der Waals surface area contributed by atoms with E-state index < -0.39 is 80.1 Å². The van der Waals surface area contributed by atoms with Gasteiger partial charge in [0.1, 0.15) is 54.8 Å². The van der Waals surface area contributed by atoms with Crippen LogP contribution in [-0.2, 0) is 18.9 Å². The zero-order valence-electron chi connectivity index (χ0n) is 14.2. The molecule has 2 heterocycles. The van der Waals surface area contributed by atoms with Crippen LogP contribution < -0.4 is 0 Å². The zero-order chi connectivity index (χ0) is 20.4. The molecule has 12 nitrogen and oxygen atoms in total. The summed E-state index contributed by atoms with van der Waals surface area (Å²) in [5.41, 5.74) is -0.881. The van der Waals surface area contributed by atoms with Crippen molar-refractivity contribution >= 4 is 12.6 Å². The molecule has 0 aliphatic carbocycles. The van der Waals surface area contributed by atoms with E-state index in [0.717, 1.165) is 0 Å². The second kappa shape index (κ2) is 9.58. The van der Waals surface area contributed by atoms with Crippen LogP contribution in [0.5, 0.6) is 0 Å². The van der Waals surface area contributed by atoms with E-state index in [9.17, 15) is 35.7 Å². The summed E-state index contributed by atoms with van der Waals surface area (Å²) in [4.78, 5) is 0. The zero-order valence-corrected chi connectivity index (χ0v) is 15.1. The first-order valence-electron chi connectivity index (χ1n) is 8.24. The van der Waals surface area contributed by atoms with Crippen molar-refractivity contribution in [2.24, 2.45) is 0 Å². The molecule has 2 fully saturated rings. The molecule has 2 rings (SSSR count). The third-order valence-corrected chi connectivity index (χ3v) is 4.81. The van der Waals surface area contributed by atoms with Gasteiger partial charge in [-0.15, -0.1) is 12.6 Å². The summed E-state index contributed by atoms with van der Waals surface area (Å²) in [6.45, 7) is -2.42. The molecule has 0 spiro atoms. The van der Waals surface area contributed by atoms with Crippen molar-refractivity contribution in [3.8, 4) is 0 Å². The lowest BCUT2D eigenvalue weighted by molar-refractivity contribution is -0.384. The van der Waals surface area contributed by atoms with E-state index in [-0.39, 0.29) is 6.61 Å². The Bertz CT molecular complexity index is 471. The Morgan fingerprint density at radius 3 is 2.11 bits per heavy atom. The second-order valence-electron chi connectivity index (χ2n) is 6.35. The standard InChI is InChI=1S/C14H26O12S/c15-1-5-9(19)12(22)14(4-17,25-5)26-13-11(21)10(20)8(18)6(24-13)3-23-7(27)2-16/h5-13,15-22,27H,1-4H2/t5-,6-,7?,8-,9-,10+,11-,12+,13-,14+/m1/s1. The van der Waals surface area contributed by atoms with Crippen molar-refractivity contribution in [2.45, 2.75) is 60.2 Å². The quantitative estimate of drug-likeness (QED) is 0.134. The van der Waals surface area contributed by atoms with Crippen LogP contribution in [0.4, 0.5) is 0 Å². The Labute approximate surface area is 159 Å². The normalized spacial score (nSPS) is 46.6. The number of aliphatic hydroxyl groups excluding tert-OH is 8. The molecular formula is C14H26O12S. The lowest BCUT2D eigenvalue weighted by Crippen LogP contribution is -2.62. The molecule has 0 amide bonds. The molecule has 0 aromatic rings. The maximum atomic E-state index is 10.1. The molecule has 10 atom stereocenters. The predicted molar refractivity (Wildman–Crippen MR) is 87.4 cm³/mol. The van der Waals surface area contributed by atoms with Crippen LogP contribution in [0, 0.1) is 0 Å². The van der Waals surface area contributed by atoms with Crippen LogP contribution in [0.1, 0.15) is 0 Å². The van der Waals surface area contributed by atoms with E-state index in [2.05, 4.69) is 12.6 Å². The van der Waals surface area contributed by atoms with Gasteiger partial charge in [-0.1, -0.05) is 0 Å². The third kappa shape index (κ3) is 4.72. The van der Waals surface area contributed by atoms with Gasteiger partial charge in [-0.2, -0.15) is 0 Å². The first kappa shape index (κ1) is 23.2. The molecule has 8 N–H and O–H groups in total.